The van der Waals surface area contributed by atoms with Gasteiger partial charge in [-0.2, -0.15) is 0 Å². The van der Waals surface area contributed by atoms with Crippen molar-refractivity contribution in [3.63, 3.8) is 0 Å². The van der Waals surface area contributed by atoms with Crippen molar-refractivity contribution in [3.8, 4) is 17.6 Å². The zero-order valence-corrected chi connectivity index (χ0v) is 20.1. The van der Waals surface area contributed by atoms with Crippen LogP contribution in [-0.4, -0.2) is 31.3 Å². The maximum Gasteiger partial charge on any atom is 0.173 e. The zero-order chi connectivity index (χ0) is 19.6. The molecule has 1 atom stereocenters. The monoisotopic (exact) mass is 392 g/mol. The Balaban J connectivity index is 2.40. The molecule has 3 nitrogen and oxygen atoms in total. The fourth-order valence-corrected chi connectivity index (χ4v) is 6.81. The highest BCUT2D eigenvalue weighted by Gasteiger charge is 2.24. The highest BCUT2D eigenvalue weighted by Crippen LogP contribution is 2.24. The quantitative estimate of drug-likeness (QED) is 0.441. The van der Waals surface area contributed by atoms with Crippen LogP contribution in [0.25, 0.3) is 0 Å². The highest BCUT2D eigenvalue weighted by atomic mass is 28.4. The van der Waals surface area contributed by atoms with E-state index in [0.29, 0.717) is 11.6 Å². The van der Waals surface area contributed by atoms with Crippen molar-refractivity contribution >= 4 is 18.1 Å². The van der Waals surface area contributed by atoms with Gasteiger partial charge in [0.05, 0.1) is 13.7 Å². The van der Waals surface area contributed by atoms with Gasteiger partial charge in [-0.25, -0.2) is 0 Å². The molecule has 0 unspecified atom stereocenters. The molecule has 0 N–H and O–H groups in total. The highest BCUT2D eigenvalue weighted by molar-refractivity contribution is 6.75. The number of methoxy groups -OCH3 is 1. The van der Waals surface area contributed by atoms with Gasteiger partial charge in [0.1, 0.15) is 11.9 Å². The second-order valence-electron chi connectivity index (χ2n) is 8.49. The van der Waals surface area contributed by atoms with Gasteiger partial charge in [-0.3, -0.25) is 0 Å². The average molecular weight is 393 g/mol. The summed E-state index contributed by atoms with van der Waals surface area (Å²) in [5, 5.41) is 0.360. The molecule has 0 aliphatic rings. The summed E-state index contributed by atoms with van der Waals surface area (Å²) in [6.07, 6.45) is 1.80. The van der Waals surface area contributed by atoms with Crippen LogP contribution in [0.1, 0.15) is 46.1 Å². The summed E-state index contributed by atoms with van der Waals surface area (Å²) < 4.78 is 17.4. The number of benzene rings is 1. The summed E-state index contributed by atoms with van der Waals surface area (Å²) in [6, 6.07) is 9.07. The van der Waals surface area contributed by atoms with Crippen LogP contribution in [0.2, 0.25) is 24.2 Å². The van der Waals surface area contributed by atoms with Crippen molar-refractivity contribution in [2.75, 3.05) is 7.11 Å². The molecule has 0 aliphatic heterocycles. The summed E-state index contributed by atoms with van der Waals surface area (Å²) in [7, 11) is -0.365. The van der Waals surface area contributed by atoms with E-state index in [1.54, 1.807) is 7.11 Å². The van der Waals surface area contributed by atoms with Crippen molar-refractivity contribution in [1.29, 1.82) is 0 Å². The van der Waals surface area contributed by atoms with Gasteiger partial charge in [-0.15, -0.1) is 5.92 Å². The molecular weight excluding hydrogens is 356 g/mol. The molecule has 0 fully saturated rings. The second kappa shape index (κ2) is 10.9. The molecule has 0 radical (unpaired) electrons. The molecule has 1 aromatic carbocycles. The lowest BCUT2D eigenvalue weighted by molar-refractivity contribution is 0.0758. The molecule has 0 saturated carbocycles. The first-order valence-corrected chi connectivity index (χ1v) is 13.9. The molecule has 1 aromatic rings. The van der Waals surface area contributed by atoms with Crippen LogP contribution < -0.4 is 4.74 Å². The molecular formula is C21H36O3Si2. The van der Waals surface area contributed by atoms with Crippen molar-refractivity contribution in [2.45, 2.75) is 77.4 Å². The summed E-state index contributed by atoms with van der Waals surface area (Å²) in [5.74, 6) is 7.47. The van der Waals surface area contributed by atoms with Crippen LogP contribution in [0.5, 0.6) is 5.75 Å². The topological polar surface area (TPSA) is 27.7 Å². The molecule has 146 valence electrons. The van der Waals surface area contributed by atoms with E-state index in [9.17, 15) is 0 Å². The normalized spacial score (nSPS) is 13.5. The Kier molecular flexibility index (Phi) is 9.66. The molecule has 0 aromatic heterocycles. The first-order valence-electron chi connectivity index (χ1n) is 9.52. The Hall–Kier alpha value is -1.07. The van der Waals surface area contributed by atoms with Crippen molar-refractivity contribution < 1.29 is 13.6 Å². The smallest absolute Gasteiger partial charge is 0.173 e. The Morgan fingerprint density at radius 1 is 1.15 bits per heavy atom. The Bertz CT molecular complexity index is 580. The first kappa shape index (κ1) is 23.0. The lowest BCUT2D eigenvalue weighted by Crippen LogP contribution is -2.34. The van der Waals surface area contributed by atoms with Crippen LogP contribution in [0.4, 0.5) is 0 Å². The van der Waals surface area contributed by atoms with E-state index >= 15 is 0 Å². The van der Waals surface area contributed by atoms with E-state index in [1.165, 1.54) is 0 Å². The van der Waals surface area contributed by atoms with Gasteiger partial charge in [0.15, 0.2) is 18.1 Å². The van der Waals surface area contributed by atoms with Crippen molar-refractivity contribution in [2.24, 2.45) is 0 Å². The molecule has 0 saturated heterocycles. The van der Waals surface area contributed by atoms with Gasteiger partial charge >= 0.3 is 0 Å². The lowest BCUT2D eigenvalue weighted by atomic mass is 10.2. The Morgan fingerprint density at radius 3 is 2.35 bits per heavy atom. The Labute approximate surface area is 163 Å². The zero-order valence-electron chi connectivity index (χ0n) is 17.6. The standard InChI is InChI=1S/C21H36O3Si2/c1-8-19(23-17-18-12-14-20(22-5)15-13-18)11-9-10-16-26(6,7)24-25-21(2,3)4/h12-15,19H,8,10,16-17,25H2,1-7H3/t19-/m0/s1. The minimum Gasteiger partial charge on any atom is -0.497 e. The van der Waals surface area contributed by atoms with Gasteiger partial charge in [0.2, 0.25) is 0 Å². The van der Waals surface area contributed by atoms with Crippen molar-refractivity contribution in [1.82, 2.24) is 0 Å². The van der Waals surface area contributed by atoms with E-state index in [4.69, 9.17) is 13.6 Å². The summed E-state index contributed by atoms with van der Waals surface area (Å²) in [4.78, 5) is 0. The second-order valence-corrected chi connectivity index (χ2v) is 16.1. The van der Waals surface area contributed by atoms with Gasteiger partial charge in [-0.05, 0) is 48.3 Å². The van der Waals surface area contributed by atoms with Crippen LogP contribution in [-0.2, 0) is 15.5 Å². The van der Waals surface area contributed by atoms with E-state index in [-0.39, 0.29) is 6.10 Å². The van der Waals surface area contributed by atoms with Crippen molar-refractivity contribution in [3.05, 3.63) is 29.8 Å². The molecule has 1 rings (SSSR count). The van der Waals surface area contributed by atoms with Gasteiger partial charge < -0.3 is 13.6 Å². The summed E-state index contributed by atoms with van der Waals surface area (Å²) in [6.45, 7) is 14.1. The van der Waals surface area contributed by atoms with Gasteiger partial charge in [-0.1, -0.05) is 45.7 Å². The van der Waals surface area contributed by atoms with Crippen LogP contribution in [0.3, 0.4) is 0 Å². The third-order valence-electron chi connectivity index (χ3n) is 3.99. The molecule has 26 heavy (non-hydrogen) atoms. The molecule has 0 amide bonds. The molecule has 0 aliphatic carbocycles. The fraction of sp³-hybridized carbons (Fsp3) is 0.619. The predicted octanol–water partition coefficient (Wildman–Crippen LogP) is 4.91. The third-order valence-corrected chi connectivity index (χ3v) is 10.0. The molecule has 0 spiro atoms. The lowest BCUT2D eigenvalue weighted by Gasteiger charge is -2.27. The van der Waals surface area contributed by atoms with Gasteiger partial charge in [0.25, 0.3) is 0 Å². The average Bonchev–Trinajstić information content (AvgIpc) is 2.59. The Morgan fingerprint density at radius 2 is 1.81 bits per heavy atom. The minimum absolute atomic E-state index is 0.00764. The molecule has 0 heterocycles. The van der Waals surface area contributed by atoms with E-state index in [0.717, 1.165) is 30.2 Å². The minimum atomic E-state index is -1.57. The summed E-state index contributed by atoms with van der Waals surface area (Å²) in [5.41, 5.74) is 1.14. The van der Waals surface area contributed by atoms with Crippen LogP contribution >= 0.6 is 0 Å². The fourth-order valence-electron chi connectivity index (χ4n) is 2.21. The largest absolute Gasteiger partial charge is 0.497 e. The van der Waals surface area contributed by atoms with Gasteiger partial charge in [0, 0.05) is 6.42 Å². The van der Waals surface area contributed by atoms with Crippen LogP contribution in [0.15, 0.2) is 24.3 Å². The first-order chi connectivity index (χ1) is 12.1. The predicted molar refractivity (Wildman–Crippen MR) is 116 cm³/mol. The summed E-state index contributed by atoms with van der Waals surface area (Å²) >= 11 is 0. The van der Waals surface area contributed by atoms with E-state index in [1.807, 2.05) is 24.3 Å². The number of rotatable bonds is 9. The number of hydrogen-bond acceptors (Lipinski definition) is 3. The third kappa shape index (κ3) is 10.2. The SMILES string of the molecule is CC[C@@H](C#CCC[Si](C)(C)O[SiH2]C(C)(C)C)OCc1ccc(OC)cc1. The maximum absolute atomic E-state index is 6.32. The molecule has 0 bridgehead atoms. The number of ether oxygens (including phenoxy) is 2. The van der Waals surface area contributed by atoms with E-state index in [2.05, 4.69) is 52.6 Å². The molecule has 5 heteroatoms. The van der Waals surface area contributed by atoms with Crippen LogP contribution in [0, 0.1) is 11.8 Å². The van der Waals surface area contributed by atoms with E-state index < -0.39 is 18.1 Å². The number of hydrogen-bond donors (Lipinski definition) is 0. The maximum atomic E-state index is 6.32.